The quantitative estimate of drug-likeness (QED) is 0.697. The second-order valence-electron chi connectivity index (χ2n) is 10.1. The lowest BCUT2D eigenvalue weighted by molar-refractivity contribution is -0.128. The molecule has 3 unspecified atom stereocenters. The molecule has 1 aromatic rings. The number of likely N-dealkylation sites (tertiary alicyclic amines) is 1. The van der Waals surface area contributed by atoms with Crippen LogP contribution in [0.1, 0.15) is 56.9 Å². The smallest absolute Gasteiger partial charge is 0.220 e. The molecule has 6 rings (SSSR count). The standard InChI is InChI=1S/C23H31BrN2O/c24-23-11-18-8-19(12-23)10-22(9-18,16-23)13-21(27)25-20-6-7-26(15-20)14-17-4-2-1-3-5-17/h1-5,18-20H,6-16H2,(H,25,27). The van der Waals surface area contributed by atoms with E-state index in [1.807, 2.05) is 0 Å². The normalized spacial score (nSPS) is 40.4. The second kappa shape index (κ2) is 6.88. The van der Waals surface area contributed by atoms with Gasteiger partial charge in [0.15, 0.2) is 0 Å². The maximum absolute atomic E-state index is 12.9. The number of benzene rings is 1. The zero-order valence-corrected chi connectivity index (χ0v) is 17.7. The maximum atomic E-state index is 12.9. The Labute approximate surface area is 171 Å². The van der Waals surface area contributed by atoms with Crippen molar-refractivity contribution in [2.75, 3.05) is 13.1 Å². The van der Waals surface area contributed by atoms with Gasteiger partial charge in [0.1, 0.15) is 0 Å². The highest BCUT2D eigenvalue weighted by molar-refractivity contribution is 9.10. The summed E-state index contributed by atoms with van der Waals surface area (Å²) in [6.45, 7) is 3.06. The first-order valence-corrected chi connectivity index (χ1v) is 11.5. The van der Waals surface area contributed by atoms with Gasteiger partial charge in [-0.25, -0.2) is 0 Å². The lowest BCUT2D eigenvalue weighted by Crippen LogP contribution is -2.54. The summed E-state index contributed by atoms with van der Waals surface area (Å²) in [4.78, 5) is 15.4. The zero-order valence-electron chi connectivity index (χ0n) is 16.1. The fourth-order valence-electron chi connectivity index (χ4n) is 7.10. The third-order valence-electron chi connectivity index (χ3n) is 7.53. The molecule has 1 aliphatic heterocycles. The molecule has 3 nitrogen and oxygen atoms in total. The van der Waals surface area contributed by atoms with Crippen LogP contribution in [0, 0.1) is 17.3 Å². The van der Waals surface area contributed by atoms with Crippen LogP contribution in [0.5, 0.6) is 0 Å². The number of amides is 1. The second-order valence-corrected chi connectivity index (χ2v) is 11.7. The molecule has 146 valence electrons. The first-order chi connectivity index (χ1) is 13.0. The summed E-state index contributed by atoms with van der Waals surface area (Å²) in [5.41, 5.74) is 1.64. The molecule has 5 fully saturated rings. The van der Waals surface area contributed by atoms with Crippen LogP contribution in [-0.2, 0) is 11.3 Å². The number of carbonyl (C=O) groups excluding carboxylic acids is 1. The van der Waals surface area contributed by atoms with Crippen LogP contribution in [0.15, 0.2) is 30.3 Å². The summed E-state index contributed by atoms with van der Waals surface area (Å²) in [6.07, 6.45) is 9.71. The number of alkyl halides is 1. The van der Waals surface area contributed by atoms with Crippen molar-refractivity contribution < 1.29 is 4.79 Å². The van der Waals surface area contributed by atoms with E-state index in [1.165, 1.54) is 44.1 Å². The van der Waals surface area contributed by atoms with Gasteiger partial charge in [0.25, 0.3) is 0 Å². The van der Waals surface area contributed by atoms with Crippen LogP contribution in [-0.4, -0.2) is 34.3 Å². The first-order valence-electron chi connectivity index (χ1n) is 10.7. The molecule has 1 amide bonds. The van der Waals surface area contributed by atoms with Gasteiger partial charge in [-0.3, -0.25) is 9.69 Å². The Kier molecular flexibility index (Phi) is 4.63. The zero-order chi connectivity index (χ0) is 18.5. The minimum Gasteiger partial charge on any atom is -0.352 e. The number of hydrogen-bond donors (Lipinski definition) is 1. The van der Waals surface area contributed by atoms with Crippen molar-refractivity contribution in [1.82, 2.24) is 10.2 Å². The third kappa shape index (κ3) is 3.85. The van der Waals surface area contributed by atoms with Gasteiger partial charge in [-0.05, 0) is 67.8 Å². The van der Waals surface area contributed by atoms with Gasteiger partial charge in [0.05, 0.1) is 0 Å². The molecule has 1 aromatic carbocycles. The summed E-state index contributed by atoms with van der Waals surface area (Å²) in [5.74, 6) is 2.01. The van der Waals surface area contributed by atoms with Crippen molar-refractivity contribution >= 4 is 21.8 Å². The number of nitrogens with zero attached hydrogens (tertiary/aromatic N) is 1. The Hall–Kier alpha value is -0.870. The van der Waals surface area contributed by atoms with Crippen molar-refractivity contribution in [3.05, 3.63) is 35.9 Å². The van der Waals surface area contributed by atoms with E-state index in [-0.39, 0.29) is 5.41 Å². The lowest BCUT2D eigenvalue weighted by Gasteiger charge is -2.60. The molecule has 3 atom stereocenters. The molecule has 0 spiro atoms. The highest BCUT2D eigenvalue weighted by Crippen LogP contribution is 2.65. The molecule has 4 heteroatoms. The summed E-state index contributed by atoms with van der Waals surface area (Å²) in [5, 5.41) is 3.39. The first kappa shape index (κ1) is 18.2. The van der Waals surface area contributed by atoms with Crippen LogP contribution in [0.2, 0.25) is 0 Å². The monoisotopic (exact) mass is 430 g/mol. The van der Waals surface area contributed by atoms with Crippen LogP contribution >= 0.6 is 15.9 Å². The van der Waals surface area contributed by atoms with Crippen molar-refractivity contribution in [2.45, 2.75) is 68.3 Å². The summed E-state index contributed by atoms with van der Waals surface area (Å²) >= 11 is 4.07. The molecule has 0 aromatic heterocycles. The predicted molar refractivity (Wildman–Crippen MR) is 112 cm³/mol. The molecule has 4 saturated carbocycles. The van der Waals surface area contributed by atoms with Crippen LogP contribution in [0.4, 0.5) is 0 Å². The maximum Gasteiger partial charge on any atom is 0.220 e. The third-order valence-corrected chi connectivity index (χ3v) is 8.46. The Morgan fingerprint density at radius 3 is 2.59 bits per heavy atom. The van der Waals surface area contributed by atoms with E-state index in [9.17, 15) is 4.79 Å². The summed E-state index contributed by atoms with van der Waals surface area (Å²) in [6, 6.07) is 11.0. The van der Waals surface area contributed by atoms with Crippen LogP contribution < -0.4 is 5.32 Å². The van der Waals surface area contributed by atoms with E-state index in [2.05, 4.69) is 56.5 Å². The molecular weight excluding hydrogens is 400 g/mol. The molecule has 0 radical (unpaired) electrons. The fourth-order valence-corrected chi connectivity index (χ4v) is 8.61. The van der Waals surface area contributed by atoms with Gasteiger partial charge in [0.2, 0.25) is 5.91 Å². The van der Waals surface area contributed by atoms with Crippen molar-refractivity contribution in [3.8, 4) is 0 Å². The summed E-state index contributed by atoms with van der Waals surface area (Å²) in [7, 11) is 0. The Balaban J connectivity index is 1.15. The van der Waals surface area contributed by atoms with Crippen molar-refractivity contribution in [3.63, 3.8) is 0 Å². The SMILES string of the molecule is O=C(CC12CC3CC(CC(Br)(C3)C1)C2)NC1CCN(Cc2ccccc2)C1. The van der Waals surface area contributed by atoms with E-state index in [1.54, 1.807) is 0 Å². The van der Waals surface area contributed by atoms with Gasteiger partial charge >= 0.3 is 0 Å². The molecule has 5 aliphatic rings. The van der Waals surface area contributed by atoms with E-state index in [4.69, 9.17) is 0 Å². The van der Waals surface area contributed by atoms with Gasteiger partial charge in [-0.15, -0.1) is 0 Å². The highest BCUT2D eigenvalue weighted by Gasteiger charge is 2.57. The largest absolute Gasteiger partial charge is 0.352 e. The van der Waals surface area contributed by atoms with Gasteiger partial charge in [-0.1, -0.05) is 46.3 Å². The van der Waals surface area contributed by atoms with Crippen LogP contribution in [0.25, 0.3) is 0 Å². The number of hydrogen-bond acceptors (Lipinski definition) is 2. The van der Waals surface area contributed by atoms with Gasteiger partial charge in [0, 0.05) is 36.4 Å². The molecule has 1 N–H and O–H groups in total. The minimum absolute atomic E-state index is 0.278. The average Bonchev–Trinajstić information content (AvgIpc) is 2.99. The molecule has 1 heterocycles. The molecule has 27 heavy (non-hydrogen) atoms. The molecule has 4 aliphatic carbocycles. The number of halogens is 1. The van der Waals surface area contributed by atoms with E-state index in [0.717, 1.165) is 44.3 Å². The molecule has 4 bridgehead atoms. The number of rotatable bonds is 5. The summed E-state index contributed by atoms with van der Waals surface area (Å²) < 4.78 is 0.344. The lowest BCUT2D eigenvalue weighted by atomic mass is 9.48. The molecular formula is C23H31BrN2O. The molecule has 1 saturated heterocycles. The fraction of sp³-hybridized carbons (Fsp3) is 0.696. The van der Waals surface area contributed by atoms with Crippen molar-refractivity contribution in [1.29, 1.82) is 0 Å². The average molecular weight is 431 g/mol. The Morgan fingerprint density at radius 1 is 1.15 bits per heavy atom. The van der Waals surface area contributed by atoms with Gasteiger partial charge < -0.3 is 5.32 Å². The van der Waals surface area contributed by atoms with Crippen molar-refractivity contribution in [2.24, 2.45) is 17.3 Å². The van der Waals surface area contributed by atoms with Gasteiger partial charge in [-0.2, -0.15) is 0 Å². The Bertz CT molecular complexity index is 692. The predicted octanol–water partition coefficient (Wildman–Crippen LogP) is 4.50. The highest BCUT2D eigenvalue weighted by atomic mass is 79.9. The van der Waals surface area contributed by atoms with Crippen LogP contribution in [0.3, 0.4) is 0 Å². The number of carbonyl (C=O) groups is 1. The van der Waals surface area contributed by atoms with E-state index in [0.29, 0.717) is 16.3 Å². The topological polar surface area (TPSA) is 32.3 Å². The minimum atomic E-state index is 0.278. The van der Waals surface area contributed by atoms with E-state index >= 15 is 0 Å². The van der Waals surface area contributed by atoms with E-state index < -0.39 is 0 Å². The Morgan fingerprint density at radius 2 is 1.89 bits per heavy atom. The number of nitrogens with one attached hydrogen (secondary N) is 1.